The fourth-order valence-corrected chi connectivity index (χ4v) is 10.9. The van der Waals surface area contributed by atoms with Crippen LogP contribution in [0.3, 0.4) is 0 Å². The molecule has 10 aromatic carbocycles. The first-order valence-corrected chi connectivity index (χ1v) is 24.3. The lowest BCUT2D eigenvalue weighted by Gasteiger charge is -2.25. The van der Waals surface area contributed by atoms with E-state index in [1.165, 1.54) is 16.3 Å². The van der Waals surface area contributed by atoms with Crippen molar-refractivity contribution in [3.05, 3.63) is 261 Å². The highest BCUT2D eigenvalue weighted by molar-refractivity contribution is 8.08. The first-order valence-electron chi connectivity index (χ1n) is 23.5. The smallest absolute Gasteiger partial charge is 0.235 e. The highest BCUT2D eigenvalue weighted by Crippen LogP contribution is 2.46. The summed E-state index contributed by atoms with van der Waals surface area (Å²) in [7, 11) is 0. The average molecular weight is 915 g/mol. The molecule has 0 fully saturated rings. The quantitative estimate of drug-likeness (QED) is 0.121. The van der Waals surface area contributed by atoms with Gasteiger partial charge in [-0.05, 0) is 111 Å². The molecule has 0 aliphatic rings. The van der Waals surface area contributed by atoms with Crippen molar-refractivity contribution in [2.24, 2.45) is 0 Å². The Morgan fingerprint density at radius 3 is 1.77 bits per heavy atom. The molecule has 0 radical (unpaired) electrons. The van der Waals surface area contributed by atoms with Crippen LogP contribution in [0.2, 0.25) is 0 Å². The van der Waals surface area contributed by atoms with Crippen molar-refractivity contribution in [3.8, 4) is 39.5 Å². The molecule has 70 heavy (non-hydrogen) atoms. The van der Waals surface area contributed by atoms with Crippen LogP contribution in [0.25, 0.3) is 93.4 Å². The summed E-state index contributed by atoms with van der Waals surface area (Å²) in [5, 5.41) is 5.64. The lowest BCUT2D eigenvalue weighted by molar-refractivity contribution is 1.00. The maximum absolute atomic E-state index is 5.57. The minimum atomic E-state index is 0.594. The predicted octanol–water partition coefficient (Wildman–Crippen LogP) is 18.1. The molecule has 12 aromatic rings. The molecule has 2 aromatic heterocycles. The molecule has 0 aliphatic carbocycles. The first kappa shape index (κ1) is 42.6. The number of para-hydroxylation sites is 3. The lowest BCUT2D eigenvalue weighted by Crippen LogP contribution is -2.09. The zero-order valence-electron chi connectivity index (χ0n) is 38.6. The van der Waals surface area contributed by atoms with Crippen LogP contribution in [0.1, 0.15) is 18.1 Å². The second-order valence-corrected chi connectivity index (χ2v) is 18.7. The summed E-state index contributed by atoms with van der Waals surface area (Å²) in [4.78, 5) is 15.3. The van der Waals surface area contributed by atoms with E-state index in [1.54, 1.807) is 11.8 Å². The van der Waals surface area contributed by atoms with Crippen LogP contribution in [0.4, 0.5) is 17.1 Å². The minimum Gasteiger partial charge on any atom is -0.311 e. The van der Waals surface area contributed by atoms with E-state index >= 15 is 0 Å². The zero-order chi connectivity index (χ0) is 47.1. The van der Waals surface area contributed by atoms with Crippen molar-refractivity contribution in [2.45, 2.75) is 11.8 Å². The lowest BCUT2D eigenvalue weighted by atomic mass is 9.96. The maximum Gasteiger partial charge on any atom is 0.235 e. The van der Waals surface area contributed by atoms with E-state index in [2.05, 4.69) is 260 Å². The molecule has 5 heteroatoms. The van der Waals surface area contributed by atoms with Crippen molar-refractivity contribution in [3.63, 3.8) is 0 Å². The Balaban J connectivity index is 1.04. The second kappa shape index (κ2) is 18.0. The van der Waals surface area contributed by atoms with Gasteiger partial charge in [0, 0.05) is 48.6 Å². The minimum absolute atomic E-state index is 0.594. The third-order valence-electron chi connectivity index (χ3n) is 13.2. The number of rotatable bonds is 11. The number of fused-ring (bicyclic) bond motifs is 5. The molecule has 0 N–H and O–H groups in total. The monoisotopic (exact) mass is 914 g/mol. The molecular formula is C65H46N4S. The van der Waals surface area contributed by atoms with E-state index in [4.69, 9.17) is 9.97 Å². The Morgan fingerprint density at radius 1 is 0.471 bits per heavy atom. The van der Waals surface area contributed by atoms with Gasteiger partial charge < -0.3 is 4.90 Å². The molecule has 0 bridgehead atoms. The Labute approximate surface area is 412 Å². The zero-order valence-corrected chi connectivity index (χ0v) is 39.4. The van der Waals surface area contributed by atoms with Crippen LogP contribution in [0.15, 0.2) is 255 Å². The normalized spacial score (nSPS) is 11.4. The van der Waals surface area contributed by atoms with E-state index < -0.39 is 0 Å². The summed E-state index contributed by atoms with van der Waals surface area (Å²) < 4.78 is 2.27. The summed E-state index contributed by atoms with van der Waals surface area (Å²) in [6.45, 7) is 11.2. The van der Waals surface area contributed by atoms with Gasteiger partial charge in [0.1, 0.15) is 0 Å². The van der Waals surface area contributed by atoms with Crippen molar-refractivity contribution in [1.29, 1.82) is 0 Å². The summed E-state index contributed by atoms with van der Waals surface area (Å²) >= 11 is 1.67. The van der Waals surface area contributed by atoms with Crippen LogP contribution in [-0.4, -0.2) is 14.5 Å². The fraction of sp³-hybridized carbons (Fsp3) is 0.0154. The van der Waals surface area contributed by atoms with Crippen molar-refractivity contribution in [1.82, 2.24) is 14.5 Å². The summed E-state index contributed by atoms with van der Waals surface area (Å²) in [5.74, 6) is 0.594. The van der Waals surface area contributed by atoms with Crippen molar-refractivity contribution in [2.75, 3.05) is 4.90 Å². The summed E-state index contributed by atoms with van der Waals surface area (Å²) in [5.41, 5.74) is 15.7. The molecule has 12 rings (SSSR count). The number of allylic oxidation sites excluding steroid dienone is 1. The number of benzene rings is 10. The van der Waals surface area contributed by atoms with Crippen LogP contribution in [-0.2, 0) is 0 Å². The van der Waals surface area contributed by atoms with Gasteiger partial charge in [-0.15, -0.1) is 0 Å². The van der Waals surface area contributed by atoms with Crippen LogP contribution in [0.5, 0.6) is 0 Å². The SMILES string of the molecule is C=C(Sc1c(C(=C)C)ccc2c3cc(-c4ccc(N(c5ccccc5)c5ccccc5)cc4)ccc3n(-c3nc(-c4ccc(-c5cccc6ccccc56)cc4)c4ccccc4n3)c12)c1ccccc1. The van der Waals surface area contributed by atoms with Crippen LogP contribution in [0, 0.1) is 0 Å². The van der Waals surface area contributed by atoms with E-state index in [0.29, 0.717) is 5.95 Å². The predicted molar refractivity (Wildman–Crippen MR) is 298 cm³/mol. The van der Waals surface area contributed by atoms with Gasteiger partial charge in [-0.2, -0.15) is 0 Å². The topological polar surface area (TPSA) is 34.0 Å². The highest BCUT2D eigenvalue weighted by Gasteiger charge is 2.24. The third kappa shape index (κ3) is 7.73. The molecule has 0 aliphatic heterocycles. The van der Waals surface area contributed by atoms with Gasteiger partial charge in [0.05, 0.1) is 22.2 Å². The van der Waals surface area contributed by atoms with Gasteiger partial charge >= 0.3 is 0 Å². The molecule has 0 spiro atoms. The van der Waals surface area contributed by atoms with Crippen LogP contribution >= 0.6 is 11.8 Å². The van der Waals surface area contributed by atoms with E-state index in [0.717, 1.165) is 104 Å². The summed E-state index contributed by atoms with van der Waals surface area (Å²) in [6.07, 6.45) is 0. The number of thioether (sulfide) groups is 1. The van der Waals surface area contributed by atoms with E-state index in [1.807, 2.05) is 6.07 Å². The third-order valence-corrected chi connectivity index (χ3v) is 14.3. The molecule has 0 amide bonds. The Kier molecular flexibility index (Phi) is 11.0. The average Bonchev–Trinajstić information content (AvgIpc) is 3.76. The maximum atomic E-state index is 5.57. The highest BCUT2D eigenvalue weighted by atomic mass is 32.2. The van der Waals surface area contributed by atoms with Gasteiger partial charge in [-0.25, -0.2) is 9.97 Å². The Hall–Kier alpha value is -8.77. The molecular weight excluding hydrogens is 869 g/mol. The molecule has 332 valence electrons. The first-order chi connectivity index (χ1) is 34.5. The molecule has 2 heterocycles. The van der Waals surface area contributed by atoms with Gasteiger partial charge in [-0.3, -0.25) is 4.57 Å². The second-order valence-electron chi connectivity index (χ2n) is 17.6. The Bertz CT molecular complexity index is 3890. The van der Waals surface area contributed by atoms with Gasteiger partial charge in [0.2, 0.25) is 5.95 Å². The number of nitrogens with zero attached hydrogens (tertiary/aromatic N) is 4. The number of hydrogen-bond donors (Lipinski definition) is 0. The number of aromatic nitrogens is 3. The Morgan fingerprint density at radius 2 is 1.06 bits per heavy atom. The number of anilines is 3. The van der Waals surface area contributed by atoms with E-state index in [9.17, 15) is 0 Å². The van der Waals surface area contributed by atoms with Gasteiger partial charge in [0.25, 0.3) is 0 Å². The van der Waals surface area contributed by atoms with E-state index in [-0.39, 0.29) is 0 Å². The van der Waals surface area contributed by atoms with Crippen LogP contribution < -0.4 is 4.90 Å². The number of hydrogen-bond acceptors (Lipinski definition) is 4. The fourth-order valence-electron chi connectivity index (χ4n) is 9.78. The molecule has 0 atom stereocenters. The largest absolute Gasteiger partial charge is 0.311 e. The standard InChI is InChI=1S/C65H46N4S/c1-43(2)54-39-40-57-59-42-50(46-34-37-53(38-35-46)68(51-22-9-5-10-23-51)52-24-11-6-12-25-52)36-41-61(59)69(63(57)64(54)70-44(3)45-18-7-4-8-19-45)65-66-60-29-16-15-27-58(60)62(67-65)49-32-30-48(31-33-49)56-28-17-21-47-20-13-14-26-55(47)56/h4-42H,1,3H2,2H3. The molecule has 0 saturated carbocycles. The molecule has 4 nitrogen and oxygen atoms in total. The van der Waals surface area contributed by atoms with Crippen molar-refractivity contribution < 1.29 is 0 Å². The molecule has 0 unspecified atom stereocenters. The summed E-state index contributed by atoms with van der Waals surface area (Å²) in [6, 6.07) is 83.8. The van der Waals surface area contributed by atoms with Gasteiger partial charge in [-0.1, -0.05) is 207 Å². The van der Waals surface area contributed by atoms with Gasteiger partial charge in [0.15, 0.2) is 0 Å². The molecule has 0 saturated heterocycles. The van der Waals surface area contributed by atoms with Crippen molar-refractivity contribution >= 4 is 82.8 Å².